The standard InChI is InChI=1S/C12H15N5O/c1-17-8-10(7-16-17)11(13)12(18)15-6-9-3-2-4-14-5-9/h2-5,7-8,11H,6,13H2,1H3,(H,15,18). The Labute approximate surface area is 105 Å². The number of hydrogen-bond acceptors (Lipinski definition) is 4. The van der Waals surface area contributed by atoms with E-state index < -0.39 is 6.04 Å². The molecule has 0 aliphatic carbocycles. The van der Waals surface area contributed by atoms with Gasteiger partial charge in [-0.3, -0.25) is 14.5 Å². The third-order valence-electron chi connectivity index (χ3n) is 2.56. The van der Waals surface area contributed by atoms with Crippen molar-refractivity contribution >= 4 is 5.91 Å². The van der Waals surface area contributed by atoms with E-state index in [1.807, 2.05) is 12.1 Å². The second kappa shape index (κ2) is 5.42. The fraction of sp³-hybridized carbons (Fsp3) is 0.250. The first kappa shape index (κ1) is 12.3. The summed E-state index contributed by atoms with van der Waals surface area (Å²) >= 11 is 0. The molecule has 6 heteroatoms. The summed E-state index contributed by atoms with van der Waals surface area (Å²) in [5.74, 6) is -0.230. The SMILES string of the molecule is Cn1cc(C(N)C(=O)NCc2cccnc2)cn1. The molecule has 1 amide bonds. The molecule has 0 saturated carbocycles. The first-order valence-electron chi connectivity index (χ1n) is 5.57. The van der Waals surface area contributed by atoms with Crippen molar-refractivity contribution < 1.29 is 4.79 Å². The molecule has 0 aliphatic rings. The highest BCUT2D eigenvalue weighted by Gasteiger charge is 2.16. The smallest absolute Gasteiger partial charge is 0.241 e. The number of amides is 1. The van der Waals surface area contributed by atoms with E-state index in [1.165, 1.54) is 0 Å². The first-order chi connectivity index (χ1) is 8.66. The van der Waals surface area contributed by atoms with E-state index >= 15 is 0 Å². The molecule has 3 N–H and O–H groups in total. The third kappa shape index (κ3) is 2.92. The molecular formula is C12H15N5O. The molecule has 0 fully saturated rings. The summed E-state index contributed by atoms with van der Waals surface area (Å²) in [6.45, 7) is 0.417. The Morgan fingerprint density at radius 2 is 2.39 bits per heavy atom. The maximum absolute atomic E-state index is 11.8. The number of carbonyl (C=O) groups is 1. The molecule has 0 radical (unpaired) electrons. The Morgan fingerprint density at radius 1 is 1.56 bits per heavy atom. The van der Waals surface area contributed by atoms with Crippen LogP contribution in [0.2, 0.25) is 0 Å². The lowest BCUT2D eigenvalue weighted by Gasteiger charge is -2.10. The number of hydrogen-bond donors (Lipinski definition) is 2. The average Bonchev–Trinajstić information content (AvgIpc) is 2.83. The number of nitrogens with one attached hydrogen (secondary N) is 1. The van der Waals surface area contributed by atoms with Gasteiger partial charge in [0, 0.05) is 37.7 Å². The number of nitrogens with zero attached hydrogens (tertiary/aromatic N) is 3. The van der Waals surface area contributed by atoms with E-state index in [1.54, 1.807) is 36.5 Å². The fourth-order valence-corrected chi connectivity index (χ4v) is 1.55. The van der Waals surface area contributed by atoms with Crippen molar-refractivity contribution in [3.8, 4) is 0 Å². The predicted molar refractivity (Wildman–Crippen MR) is 66.2 cm³/mol. The van der Waals surface area contributed by atoms with Gasteiger partial charge in [-0.1, -0.05) is 6.07 Å². The van der Waals surface area contributed by atoms with Gasteiger partial charge in [-0.2, -0.15) is 5.10 Å². The van der Waals surface area contributed by atoms with Gasteiger partial charge in [0.2, 0.25) is 5.91 Å². The molecule has 1 unspecified atom stereocenters. The Hall–Kier alpha value is -2.21. The molecule has 0 spiro atoms. The number of pyridine rings is 1. The van der Waals surface area contributed by atoms with Gasteiger partial charge in [-0.25, -0.2) is 0 Å². The molecule has 1 atom stereocenters. The van der Waals surface area contributed by atoms with Crippen LogP contribution in [0.25, 0.3) is 0 Å². The minimum absolute atomic E-state index is 0.230. The lowest BCUT2D eigenvalue weighted by molar-refractivity contribution is -0.122. The van der Waals surface area contributed by atoms with E-state index in [0.717, 1.165) is 5.56 Å². The number of nitrogens with two attached hydrogens (primary N) is 1. The summed E-state index contributed by atoms with van der Waals surface area (Å²) < 4.78 is 1.61. The third-order valence-corrected chi connectivity index (χ3v) is 2.56. The van der Waals surface area contributed by atoms with Crippen LogP contribution in [0, 0.1) is 0 Å². The molecule has 0 bridgehead atoms. The minimum atomic E-state index is -0.699. The van der Waals surface area contributed by atoms with Gasteiger partial charge in [0.1, 0.15) is 6.04 Å². The van der Waals surface area contributed by atoms with Gasteiger partial charge >= 0.3 is 0 Å². The van der Waals surface area contributed by atoms with Crippen LogP contribution < -0.4 is 11.1 Å². The number of carbonyl (C=O) groups excluding carboxylic acids is 1. The van der Waals surface area contributed by atoms with Crippen LogP contribution >= 0.6 is 0 Å². The highest BCUT2D eigenvalue weighted by atomic mass is 16.2. The molecule has 2 aromatic heterocycles. The Morgan fingerprint density at radius 3 is 3.00 bits per heavy atom. The summed E-state index contributed by atoms with van der Waals surface area (Å²) in [4.78, 5) is 15.8. The molecule has 0 aromatic carbocycles. The molecule has 18 heavy (non-hydrogen) atoms. The molecule has 6 nitrogen and oxygen atoms in total. The normalized spacial score (nSPS) is 12.1. The molecule has 2 heterocycles. The van der Waals surface area contributed by atoms with E-state index in [2.05, 4.69) is 15.4 Å². The van der Waals surface area contributed by atoms with Crippen molar-refractivity contribution in [1.29, 1.82) is 0 Å². The zero-order valence-corrected chi connectivity index (χ0v) is 10.1. The number of aryl methyl sites for hydroxylation is 1. The zero-order valence-electron chi connectivity index (χ0n) is 10.1. The van der Waals surface area contributed by atoms with Crippen molar-refractivity contribution in [3.05, 3.63) is 48.0 Å². The molecule has 0 aliphatic heterocycles. The number of aromatic nitrogens is 3. The van der Waals surface area contributed by atoms with Gasteiger partial charge in [-0.15, -0.1) is 0 Å². The molecule has 2 aromatic rings. The van der Waals surface area contributed by atoms with Crippen molar-refractivity contribution in [1.82, 2.24) is 20.1 Å². The van der Waals surface area contributed by atoms with E-state index in [0.29, 0.717) is 12.1 Å². The summed E-state index contributed by atoms with van der Waals surface area (Å²) in [6.07, 6.45) is 6.71. The lowest BCUT2D eigenvalue weighted by atomic mass is 10.1. The van der Waals surface area contributed by atoms with Crippen LogP contribution in [0.1, 0.15) is 17.2 Å². The summed E-state index contributed by atoms with van der Waals surface area (Å²) in [5, 5.41) is 6.75. The van der Waals surface area contributed by atoms with Crippen LogP contribution in [-0.4, -0.2) is 20.7 Å². The maximum atomic E-state index is 11.8. The van der Waals surface area contributed by atoms with E-state index in [9.17, 15) is 4.79 Å². The van der Waals surface area contributed by atoms with Gasteiger partial charge < -0.3 is 11.1 Å². The molecular weight excluding hydrogens is 230 g/mol. The predicted octanol–water partition coefficient (Wildman–Crippen LogP) is 0.131. The monoisotopic (exact) mass is 245 g/mol. The summed E-state index contributed by atoms with van der Waals surface area (Å²) in [5.41, 5.74) is 7.47. The van der Waals surface area contributed by atoms with Gasteiger partial charge in [0.05, 0.1) is 6.20 Å². The van der Waals surface area contributed by atoms with Gasteiger partial charge in [0.25, 0.3) is 0 Å². The van der Waals surface area contributed by atoms with Crippen molar-refractivity contribution in [2.24, 2.45) is 12.8 Å². The minimum Gasteiger partial charge on any atom is -0.350 e. The van der Waals surface area contributed by atoms with Crippen LogP contribution in [0.4, 0.5) is 0 Å². The van der Waals surface area contributed by atoms with Crippen LogP contribution in [-0.2, 0) is 18.4 Å². The van der Waals surface area contributed by atoms with E-state index in [-0.39, 0.29) is 5.91 Å². The quantitative estimate of drug-likeness (QED) is 0.801. The maximum Gasteiger partial charge on any atom is 0.241 e. The Kier molecular flexibility index (Phi) is 3.69. The van der Waals surface area contributed by atoms with Crippen LogP contribution in [0.5, 0.6) is 0 Å². The summed E-state index contributed by atoms with van der Waals surface area (Å²) in [7, 11) is 1.78. The van der Waals surface area contributed by atoms with Gasteiger partial charge in [-0.05, 0) is 11.6 Å². The second-order valence-electron chi connectivity index (χ2n) is 4.00. The lowest BCUT2D eigenvalue weighted by Crippen LogP contribution is -2.33. The fourth-order valence-electron chi connectivity index (χ4n) is 1.55. The van der Waals surface area contributed by atoms with Crippen LogP contribution in [0.3, 0.4) is 0 Å². The van der Waals surface area contributed by atoms with Gasteiger partial charge in [0.15, 0.2) is 0 Å². The van der Waals surface area contributed by atoms with Crippen LogP contribution in [0.15, 0.2) is 36.9 Å². The average molecular weight is 245 g/mol. The molecule has 2 rings (SSSR count). The van der Waals surface area contributed by atoms with E-state index in [4.69, 9.17) is 5.73 Å². The first-order valence-corrected chi connectivity index (χ1v) is 5.57. The number of rotatable bonds is 4. The van der Waals surface area contributed by atoms with Crippen molar-refractivity contribution in [3.63, 3.8) is 0 Å². The highest BCUT2D eigenvalue weighted by Crippen LogP contribution is 2.08. The van der Waals surface area contributed by atoms with Crippen molar-refractivity contribution in [2.45, 2.75) is 12.6 Å². The largest absolute Gasteiger partial charge is 0.350 e. The second-order valence-corrected chi connectivity index (χ2v) is 4.00. The Balaban J connectivity index is 1.92. The Bertz CT molecular complexity index is 522. The zero-order chi connectivity index (χ0) is 13.0. The molecule has 94 valence electrons. The summed E-state index contributed by atoms with van der Waals surface area (Å²) in [6, 6.07) is 3.01. The van der Waals surface area contributed by atoms with Crippen molar-refractivity contribution in [2.75, 3.05) is 0 Å². The highest BCUT2D eigenvalue weighted by molar-refractivity contribution is 5.82. The topological polar surface area (TPSA) is 85.8 Å². The molecule has 0 saturated heterocycles.